The van der Waals surface area contributed by atoms with Crippen molar-refractivity contribution in [3.63, 3.8) is 0 Å². The van der Waals surface area contributed by atoms with Crippen LogP contribution in [-0.2, 0) is 0 Å². The van der Waals surface area contributed by atoms with E-state index in [0.717, 1.165) is 43.7 Å². The zero-order valence-electron chi connectivity index (χ0n) is 21.9. The van der Waals surface area contributed by atoms with Crippen molar-refractivity contribution in [1.29, 1.82) is 0 Å². The Balaban J connectivity index is 1.33. The smallest absolute Gasteiger partial charge is 0.257 e. The number of aliphatic hydroxyl groups is 1. The van der Waals surface area contributed by atoms with Gasteiger partial charge in [-0.15, -0.1) is 0 Å². The van der Waals surface area contributed by atoms with Crippen LogP contribution in [0.25, 0.3) is 16.7 Å². The van der Waals surface area contributed by atoms with Crippen LogP contribution in [0.2, 0.25) is 0 Å². The summed E-state index contributed by atoms with van der Waals surface area (Å²) in [7, 11) is 0. The van der Waals surface area contributed by atoms with Crippen LogP contribution in [0.4, 0.5) is 14.6 Å². The van der Waals surface area contributed by atoms with Crippen LogP contribution in [0.1, 0.15) is 68.6 Å². The number of halogens is 2. The maximum absolute atomic E-state index is 15.1. The minimum Gasteiger partial charge on any atom is -0.374 e. The van der Waals surface area contributed by atoms with Crippen LogP contribution in [0.3, 0.4) is 0 Å². The van der Waals surface area contributed by atoms with E-state index < -0.39 is 34.7 Å². The van der Waals surface area contributed by atoms with Gasteiger partial charge in [0, 0.05) is 24.3 Å². The van der Waals surface area contributed by atoms with Crippen molar-refractivity contribution in [3.05, 3.63) is 63.9 Å². The molecule has 3 aromatic rings. The minimum absolute atomic E-state index is 0.0269. The second-order valence-electron chi connectivity index (χ2n) is 12.5. The van der Waals surface area contributed by atoms with Gasteiger partial charge in [0.25, 0.3) is 5.91 Å². The number of piperidine rings is 1. The Morgan fingerprint density at radius 3 is 2.77 bits per heavy atom. The predicted molar refractivity (Wildman–Crippen MR) is 143 cm³/mol. The number of aliphatic hydroxyl groups excluding tert-OH is 1. The molecule has 5 atom stereocenters. The molecule has 39 heavy (non-hydrogen) atoms. The third kappa shape index (κ3) is 4.04. The summed E-state index contributed by atoms with van der Waals surface area (Å²) in [4.78, 5) is 33.8. The SMILES string of the molecule is CC1(NC(=O)c2cn(-c3ccc(F)cc3F)c3nc(N4CCCCC4O)ccc3c2=O)CC2CC3CC3(C2)C1. The van der Waals surface area contributed by atoms with E-state index in [1.165, 1.54) is 36.1 Å². The van der Waals surface area contributed by atoms with Gasteiger partial charge in [0.2, 0.25) is 5.43 Å². The van der Waals surface area contributed by atoms with E-state index in [4.69, 9.17) is 0 Å². The quantitative estimate of drug-likeness (QED) is 0.508. The molecule has 2 aromatic heterocycles. The highest BCUT2D eigenvalue weighted by Gasteiger charge is 2.65. The molecule has 3 aliphatic carbocycles. The number of benzene rings is 1. The predicted octanol–water partition coefficient (Wildman–Crippen LogP) is 4.67. The maximum Gasteiger partial charge on any atom is 0.257 e. The summed E-state index contributed by atoms with van der Waals surface area (Å²) < 4.78 is 30.2. The number of rotatable bonds is 4. The molecular weight excluding hydrogens is 502 g/mol. The molecule has 3 saturated carbocycles. The Morgan fingerprint density at radius 1 is 1.15 bits per heavy atom. The van der Waals surface area contributed by atoms with Gasteiger partial charge < -0.3 is 15.3 Å². The molecule has 7 nitrogen and oxygen atoms in total. The lowest BCUT2D eigenvalue weighted by Gasteiger charge is -2.40. The lowest BCUT2D eigenvalue weighted by molar-refractivity contribution is 0.0827. The fourth-order valence-electron chi connectivity index (χ4n) is 8.00. The van der Waals surface area contributed by atoms with E-state index in [0.29, 0.717) is 30.1 Å². The molecule has 4 aliphatic rings. The molecule has 1 aliphatic heterocycles. The first-order chi connectivity index (χ1) is 18.6. The number of amides is 1. The summed E-state index contributed by atoms with van der Waals surface area (Å²) in [5.41, 5.74) is -0.567. The van der Waals surface area contributed by atoms with Crippen LogP contribution < -0.4 is 15.6 Å². The summed E-state index contributed by atoms with van der Waals surface area (Å²) in [5, 5.41) is 13.9. The normalized spacial score (nSPS) is 31.3. The van der Waals surface area contributed by atoms with Gasteiger partial charge >= 0.3 is 0 Å². The molecule has 1 saturated heterocycles. The Morgan fingerprint density at radius 2 is 2.00 bits per heavy atom. The summed E-state index contributed by atoms with van der Waals surface area (Å²) in [6.45, 7) is 2.66. The van der Waals surface area contributed by atoms with Gasteiger partial charge in [0.1, 0.15) is 29.2 Å². The topological polar surface area (TPSA) is 87.5 Å². The van der Waals surface area contributed by atoms with Crippen LogP contribution in [0, 0.1) is 28.9 Å². The second-order valence-corrected chi connectivity index (χ2v) is 12.5. The molecule has 9 heteroatoms. The molecule has 3 heterocycles. The first-order valence-electron chi connectivity index (χ1n) is 13.9. The van der Waals surface area contributed by atoms with E-state index >= 15 is 4.39 Å². The zero-order chi connectivity index (χ0) is 27.1. The number of carbonyl (C=O) groups is 1. The number of hydrogen-bond acceptors (Lipinski definition) is 5. The average Bonchev–Trinajstić information content (AvgIpc) is 3.43. The lowest BCUT2D eigenvalue weighted by Crippen LogP contribution is -2.51. The number of aromatic nitrogens is 2. The zero-order valence-corrected chi connectivity index (χ0v) is 21.9. The maximum atomic E-state index is 15.1. The fraction of sp³-hybridized carbons (Fsp3) is 0.500. The van der Waals surface area contributed by atoms with E-state index in [2.05, 4.69) is 17.2 Å². The Kier molecular flexibility index (Phi) is 5.43. The van der Waals surface area contributed by atoms with Crippen LogP contribution >= 0.6 is 0 Å². The van der Waals surface area contributed by atoms with Gasteiger partial charge in [-0.1, -0.05) is 0 Å². The minimum atomic E-state index is -0.841. The van der Waals surface area contributed by atoms with Crippen molar-refractivity contribution >= 4 is 22.8 Å². The third-order valence-corrected chi connectivity index (χ3v) is 9.58. The Labute approximate surface area is 224 Å². The highest BCUT2D eigenvalue weighted by atomic mass is 19.1. The van der Waals surface area contributed by atoms with Gasteiger partial charge in [-0.2, -0.15) is 0 Å². The largest absolute Gasteiger partial charge is 0.374 e. The number of hydrogen-bond donors (Lipinski definition) is 2. The van der Waals surface area contributed by atoms with Crippen molar-refractivity contribution in [2.24, 2.45) is 17.3 Å². The first kappa shape index (κ1) is 24.7. The van der Waals surface area contributed by atoms with E-state index in [-0.39, 0.29) is 22.3 Å². The van der Waals surface area contributed by atoms with Crippen molar-refractivity contribution < 1.29 is 18.7 Å². The Bertz CT molecular complexity index is 1570. The number of fused-ring (bicyclic) bond motifs is 2. The van der Waals surface area contributed by atoms with Gasteiger partial charge in [-0.05, 0) is 99.8 Å². The monoisotopic (exact) mass is 534 g/mol. The van der Waals surface area contributed by atoms with Crippen LogP contribution in [0.15, 0.2) is 41.3 Å². The van der Waals surface area contributed by atoms with Gasteiger partial charge in [0.15, 0.2) is 5.65 Å². The van der Waals surface area contributed by atoms with E-state index in [9.17, 15) is 19.1 Å². The molecule has 1 spiro atoms. The lowest BCUT2D eigenvalue weighted by atomic mass is 9.72. The van der Waals surface area contributed by atoms with Gasteiger partial charge in [-0.3, -0.25) is 14.2 Å². The molecule has 5 unspecified atom stereocenters. The second kappa shape index (κ2) is 8.58. The number of nitrogens with zero attached hydrogens (tertiary/aromatic N) is 3. The number of pyridine rings is 2. The standard InChI is InChI=1S/C30H32F2N4O3/c1-29(12-17-10-18-14-30(18,13-17)16-29)34-28(39)21-15-36(23-7-5-19(31)11-22(23)32)27-20(26(21)38)6-8-24(33-27)35-9-3-2-4-25(35)37/h5-8,11,15,17-18,25,37H,2-4,9-10,12-14,16H2,1H3,(H,34,39). The summed E-state index contributed by atoms with van der Waals surface area (Å²) in [6.07, 6.45) is 8.45. The van der Waals surface area contributed by atoms with Gasteiger partial charge in [-0.25, -0.2) is 13.8 Å². The van der Waals surface area contributed by atoms with Crippen molar-refractivity contribution in [1.82, 2.24) is 14.9 Å². The number of nitrogens with one attached hydrogen (secondary N) is 1. The molecule has 1 amide bonds. The molecular formula is C30H32F2N4O3. The van der Waals surface area contributed by atoms with E-state index in [1.807, 2.05) is 0 Å². The van der Waals surface area contributed by atoms with Crippen molar-refractivity contribution in [2.75, 3.05) is 11.4 Å². The number of anilines is 1. The highest BCUT2D eigenvalue weighted by molar-refractivity contribution is 5.97. The van der Waals surface area contributed by atoms with Crippen LogP contribution in [-0.4, -0.2) is 38.9 Å². The molecule has 2 N–H and O–H groups in total. The Hall–Kier alpha value is -3.33. The molecule has 2 bridgehead atoms. The van der Waals surface area contributed by atoms with Crippen LogP contribution in [0.5, 0.6) is 0 Å². The third-order valence-electron chi connectivity index (χ3n) is 9.58. The van der Waals surface area contributed by atoms with Crippen molar-refractivity contribution in [3.8, 4) is 5.69 Å². The average molecular weight is 535 g/mol. The summed E-state index contributed by atoms with van der Waals surface area (Å²) in [5.74, 6) is -0.262. The van der Waals surface area contributed by atoms with Crippen molar-refractivity contribution in [2.45, 2.75) is 70.1 Å². The first-order valence-corrected chi connectivity index (χ1v) is 13.9. The van der Waals surface area contributed by atoms with Gasteiger partial charge in [0.05, 0.1) is 11.1 Å². The van der Waals surface area contributed by atoms with E-state index in [1.54, 1.807) is 17.0 Å². The molecule has 4 fully saturated rings. The highest BCUT2D eigenvalue weighted by Crippen LogP contribution is 2.72. The molecule has 7 rings (SSSR count). The molecule has 204 valence electrons. The molecule has 1 aromatic carbocycles. The fourth-order valence-corrected chi connectivity index (χ4v) is 8.00. The number of carbonyl (C=O) groups excluding carboxylic acids is 1. The summed E-state index contributed by atoms with van der Waals surface area (Å²) in [6, 6.07) is 6.39. The summed E-state index contributed by atoms with van der Waals surface area (Å²) >= 11 is 0. The molecule has 0 radical (unpaired) electrons.